The van der Waals surface area contributed by atoms with E-state index in [1.165, 1.54) is 18.4 Å². The fraction of sp³-hybridized carbons (Fsp3) is 0.438. The molecule has 3 aromatic heterocycles. The summed E-state index contributed by atoms with van der Waals surface area (Å²) in [4.78, 5) is 4.35. The Hall–Kier alpha value is -2.41. The summed E-state index contributed by atoms with van der Waals surface area (Å²) < 4.78 is 3.61. The van der Waals surface area contributed by atoms with Crippen LogP contribution in [0.4, 0.5) is 11.5 Å². The third kappa shape index (κ3) is 2.79. The zero-order valence-electron chi connectivity index (χ0n) is 13.2. The van der Waals surface area contributed by atoms with Crippen LogP contribution in [0.15, 0.2) is 30.9 Å². The highest BCUT2D eigenvalue weighted by atomic mass is 15.3. The average molecular weight is 311 g/mol. The van der Waals surface area contributed by atoms with Gasteiger partial charge in [0.1, 0.15) is 6.33 Å². The van der Waals surface area contributed by atoms with E-state index in [0.29, 0.717) is 12.0 Å². The minimum absolute atomic E-state index is 0.299. The second kappa shape index (κ2) is 5.66. The molecule has 3 heterocycles. The fourth-order valence-electron chi connectivity index (χ4n) is 3.41. The van der Waals surface area contributed by atoms with E-state index in [9.17, 15) is 0 Å². The van der Waals surface area contributed by atoms with Gasteiger partial charge in [-0.05, 0) is 36.8 Å². The predicted molar refractivity (Wildman–Crippen MR) is 88.7 cm³/mol. The number of nitrogens with two attached hydrogens (primary N) is 1. The molecule has 120 valence electrons. The van der Waals surface area contributed by atoms with Crippen molar-refractivity contribution in [2.75, 3.05) is 5.32 Å². The van der Waals surface area contributed by atoms with Gasteiger partial charge in [0, 0.05) is 31.5 Å². The minimum atomic E-state index is 0.299. The smallest absolute Gasteiger partial charge is 0.178 e. The normalized spacial score (nSPS) is 21.7. The molecule has 0 saturated heterocycles. The van der Waals surface area contributed by atoms with Crippen LogP contribution < -0.4 is 11.1 Å². The third-order valence-corrected chi connectivity index (χ3v) is 4.56. The van der Waals surface area contributed by atoms with Crippen LogP contribution in [-0.4, -0.2) is 30.4 Å². The molecule has 1 aliphatic carbocycles. The molecule has 0 radical (unpaired) electrons. The number of nitrogens with zero attached hydrogens (tertiary/aromatic N) is 5. The first-order chi connectivity index (χ1) is 11.2. The molecule has 1 fully saturated rings. The summed E-state index contributed by atoms with van der Waals surface area (Å²) in [5, 5.41) is 12.0. The number of nitrogens with one attached hydrogen (secondary N) is 1. The van der Waals surface area contributed by atoms with E-state index in [1.807, 2.05) is 23.8 Å². The molecule has 1 aliphatic rings. The Morgan fingerprint density at radius 3 is 3.04 bits per heavy atom. The fourth-order valence-corrected chi connectivity index (χ4v) is 3.41. The molecule has 0 bridgehead atoms. The van der Waals surface area contributed by atoms with Gasteiger partial charge >= 0.3 is 0 Å². The lowest BCUT2D eigenvalue weighted by atomic mass is 9.82. The third-order valence-electron chi connectivity index (χ3n) is 4.56. The summed E-state index contributed by atoms with van der Waals surface area (Å²) in [6.45, 7) is 0. The Kier molecular flexibility index (Phi) is 3.49. The molecule has 2 atom stereocenters. The predicted octanol–water partition coefficient (Wildman–Crippen LogP) is 2.19. The number of hydrogen-bond donors (Lipinski definition) is 2. The van der Waals surface area contributed by atoms with Crippen molar-refractivity contribution in [1.29, 1.82) is 0 Å². The molecule has 1 saturated carbocycles. The SMILES string of the molecule is Cn1ccc(Nc2cc([C@H]3CCC[C@@H](N)C3)cn3ncnc23)n1. The topological polar surface area (TPSA) is 86.1 Å². The molecule has 7 nitrogen and oxygen atoms in total. The van der Waals surface area contributed by atoms with Crippen LogP contribution in [0.1, 0.15) is 37.2 Å². The lowest BCUT2D eigenvalue weighted by molar-refractivity contribution is 0.392. The number of aryl methyl sites for hydroxylation is 1. The van der Waals surface area contributed by atoms with Crippen LogP contribution in [0, 0.1) is 0 Å². The molecule has 0 unspecified atom stereocenters. The number of anilines is 2. The molecular formula is C16H21N7. The lowest BCUT2D eigenvalue weighted by Gasteiger charge is -2.27. The highest BCUT2D eigenvalue weighted by Crippen LogP contribution is 2.34. The highest BCUT2D eigenvalue weighted by Gasteiger charge is 2.22. The Morgan fingerprint density at radius 1 is 1.35 bits per heavy atom. The van der Waals surface area contributed by atoms with Crippen molar-refractivity contribution >= 4 is 17.2 Å². The van der Waals surface area contributed by atoms with Crippen molar-refractivity contribution in [3.05, 3.63) is 36.4 Å². The van der Waals surface area contributed by atoms with Crippen molar-refractivity contribution in [2.45, 2.75) is 37.6 Å². The van der Waals surface area contributed by atoms with Crippen LogP contribution in [0.5, 0.6) is 0 Å². The summed E-state index contributed by atoms with van der Waals surface area (Å²) in [5.41, 5.74) is 9.15. The number of pyridine rings is 1. The second-order valence-corrected chi connectivity index (χ2v) is 6.34. The highest BCUT2D eigenvalue weighted by molar-refractivity contribution is 5.72. The van der Waals surface area contributed by atoms with E-state index < -0.39 is 0 Å². The maximum Gasteiger partial charge on any atom is 0.178 e. The molecule has 0 aromatic carbocycles. The maximum absolute atomic E-state index is 6.16. The van der Waals surface area contributed by atoms with Gasteiger partial charge in [-0.25, -0.2) is 9.50 Å². The molecule has 7 heteroatoms. The van der Waals surface area contributed by atoms with Gasteiger partial charge < -0.3 is 11.1 Å². The van der Waals surface area contributed by atoms with Crippen LogP contribution in [0.2, 0.25) is 0 Å². The van der Waals surface area contributed by atoms with Gasteiger partial charge in [-0.2, -0.15) is 10.2 Å². The Bertz CT molecular complexity index is 819. The summed E-state index contributed by atoms with van der Waals surface area (Å²) >= 11 is 0. The summed E-state index contributed by atoms with van der Waals surface area (Å²) in [5.74, 6) is 1.28. The van der Waals surface area contributed by atoms with Crippen LogP contribution >= 0.6 is 0 Å². The lowest BCUT2D eigenvalue weighted by Crippen LogP contribution is -2.27. The number of fused-ring (bicyclic) bond motifs is 1. The molecule has 0 amide bonds. The Labute approximate surface area is 134 Å². The number of aromatic nitrogens is 5. The van der Waals surface area contributed by atoms with Gasteiger partial charge in [0.25, 0.3) is 0 Å². The van der Waals surface area contributed by atoms with Gasteiger partial charge in [-0.15, -0.1) is 0 Å². The largest absolute Gasteiger partial charge is 0.336 e. The number of hydrogen-bond acceptors (Lipinski definition) is 5. The first-order valence-corrected chi connectivity index (χ1v) is 8.04. The van der Waals surface area contributed by atoms with E-state index in [4.69, 9.17) is 5.73 Å². The molecule has 3 aromatic rings. The van der Waals surface area contributed by atoms with Gasteiger partial charge in [0.15, 0.2) is 11.5 Å². The summed E-state index contributed by atoms with van der Waals surface area (Å²) in [7, 11) is 1.90. The van der Waals surface area contributed by atoms with E-state index in [-0.39, 0.29) is 0 Å². The monoisotopic (exact) mass is 311 g/mol. The van der Waals surface area contributed by atoms with E-state index >= 15 is 0 Å². The molecule has 4 rings (SSSR count). The molecule has 3 N–H and O–H groups in total. The van der Waals surface area contributed by atoms with Crippen molar-refractivity contribution < 1.29 is 0 Å². The maximum atomic E-state index is 6.16. The minimum Gasteiger partial charge on any atom is -0.336 e. The number of rotatable bonds is 3. The van der Waals surface area contributed by atoms with Crippen LogP contribution in [0.3, 0.4) is 0 Å². The Morgan fingerprint density at radius 2 is 2.26 bits per heavy atom. The summed E-state index contributed by atoms with van der Waals surface area (Å²) in [6.07, 6.45) is 10.1. The van der Waals surface area contributed by atoms with Gasteiger partial charge in [0.05, 0.1) is 5.69 Å². The van der Waals surface area contributed by atoms with E-state index in [2.05, 4.69) is 32.8 Å². The average Bonchev–Trinajstić information content (AvgIpc) is 3.16. The zero-order valence-corrected chi connectivity index (χ0v) is 13.2. The van der Waals surface area contributed by atoms with Gasteiger partial charge in [0.2, 0.25) is 0 Å². The van der Waals surface area contributed by atoms with Gasteiger partial charge in [-0.3, -0.25) is 4.68 Å². The molecule has 0 aliphatic heterocycles. The van der Waals surface area contributed by atoms with Crippen molar-refractivity contribution in [2.24, 2.45) is 12.8 Å². The molecule has 23 heavy (non-hydrogen) atoms. The van der Waals surface area contributed by atoms with E-state index in [1.54, 1.807) is 11.0 Å². The summed E-state index contributed by atoms with van der Waals surface area (Å²) in [6, 6.07) is 4.41. The Balaban J connectivity index is 1.72. The first kappa shape index (κ1) is 14.2. The standard InChI is InChI=1S/C16H21N7/c1-22-6-5-15(21-22)20-14-8-12(9-23-16(14)18-10-19-23)11-3-2-4-13(17)7-11/h5-6,8-11,13H,2-4,7,17H2,1H3,(H,20,21)/t11-,13+/m0/s1. The first-order valence-electron chi connectivity index (χ1n) is 8.04. The van der Waals surface area contributed by atoms with Crippen molar-refractivity contribution in [3.8, 4) is 0 Å². The van der Waals surface area contributed by atoms with Gasteiger partial charge in [-0.1, -0.05) is 6.42 Å². The quantitative estimate of drug-likeness (QED) is 0.774. The second-order valence-electron chi connectivity index (χ2n) is 6.34. The molecule has 0 spiro atoms. The van der Waals surface area contributed by atoms with E-state index in [0.717, 1.165) is 30.0 Å². The van der Waals surface area contributed by atoms with Crippen molar-refractivity contribution in [3.63, 3.8) is 0 Å². The zero-order chi connectivity index (χ0) is 15.8. The van der Waals surface area contributed by atoms with Crippen LogP contribution in [-0.2, 0) is 7.05 Å². The van der Waals surface area contributed by atoms with Crippen LogP contribution in [0.25, 0.3) is 5.65 Å². The van der Waals surface area contributed by atoms with Crippen molar-refractivity contribution in [1.82, 2.24) is 24.4 Å². The molecular weight excluding hydrogens is 290 g/mol.